The number of rotatable bonds is 3. The zero-order valence-electron chi connectivity index (χ0n) is 18.4. The first-order valence-electron chi connectivity index (χ1n) is 11.3. The van der Waals surface area contributed by atoms with Crippen molar-refractivity contribution < 1.29 is 14.3 Å². The molecule has 4 aromatic rings. The molecule has 0 unspecified atom stereocenters. The van der Waals surface area contributed by atoms with Crippen LogP contribution in [0.5, 0.6) is 11.5 Å². The molecule has 6 nitrogen and oxygen atoms in total. The molecule has 2 aliphatic heterocycles. The molecular weight excluding hydrogens is 450 g/mol. The van der Waals surface area contributed by atoms with Gasteiger partial charge in [-0.1, -0.05) is 29.8 Å². The monoisotopic (exact) mass is 471 g/mol. The lowest BCUT2D eigenvalue weighted by Gasteiger charge is -2.36. The van der Waals surface area contributed by atoms with E-state index in [1.807, 2.05) is 77.7 Å². The van der Waals surface area contributed by atoms with Gasteiger partial charge < -0.3 is 19.3 Å². The van der Waals surface area contributed by atoms with Gasteiger partial charge in [0.2, 0.25) is 6.79 Å². The van der Waals surface area contributed by atoms with Crippen molar-refractivity contribution in [1.82, 2.24) is 9.88 Å². The molecule has 1 aromatic heterocycles. The SMILES string of the molecule is O=C(c1cc(-c2ccc3c(c2)OCO3)nc2ccccc12)N1CCN(c2ccc(Cl)cc2)CC1. The number of hydrogen-bond donors (Lipinski definition) is 0. The summed E-state index contributed by atoms with van der Waals surface area (Å²) in [6.07, 6.45) is 0. The van der Waals surface area contributed by atoms with E-state index >= 15 is 0 Å². The molecule has 0 aliphatic carbocycles. The van der Waals surface area contributed by atoms with Crippen LogP contribution in [0.3, 0.4) is 0 Å². The first kappa shape index (κ1) is 20.8. The molecule has 0 atom stereocenters. The number of para-hydroxylation sites is 1. The number of fused-ring (bicyclic) bond motifs is 2. The van der Waals surface area contributed by atoms with Crippen LogP contribution in [0.4, 0.5) is 5.69 Å². The highest BCUT2D eigenvalue weighted by molar-refractivity contribution is 6.30. The van der Waals surface area contributed by atoms with Crippen molar-refractivity contribution in [2.75, 3.05) is 37.9 Å². The number of halogens is 1. The van der Waals surface area contributed by atoms with Gasteiger partial charge in [-0.2, -0.15) is 0 Å². The molecule has 0 N–H and O–H groups in total. The van der Waals surface area contributed by atoms with E-state index in [1.54, 1.807) is 0 Å². The van der Waals surface area contributed by atoms with E-state index in [9.17, 15) is 4.79 Å². The van der Waals surface area contributed by atoms with Crippen LogP contribution >= 0.6 is 11.6 Å². The Morgan fingerprint density at radius 2 is 1.62 bits per heavy atom. The van der Waals surface area contributed by atoms with Crippen molar-refractivity contribution in [2.24, 2.45) is 0 Å². The van der Waals surface area contributed by atoms with Crippen molar-refractivity contribution in [3.63, 3.8) is 0 Å². The van der Waals surface area contributed by atoms with Crippen LogP contribution in [0.15, 0.2) is 72.8 Å². The quantitative estimate of drug-likeness (QED) is 0.408. The number of pyridine rings is 1. The molecule has 170 valence electrons. The van der Waals surface area contributed by atoms with Crippen LogP contribution in [0.2, 0.25) is 5.02 Å². The highest BCUT2D eigenvalue weighted by Gasteiger charge is 2.25. The Morgan fingerprint density at radius 1 is 0.853 bits per heavy atom. The van der Waals surface area contributed by atoms with E-state index in [0.717, 1.165) is 51.7 Å². The standard InChI is InChI=1S/C27H22ClN3O3/c28-19-6-8-20(9-7-19)30-11-13-31(14-12-30)27(32)22-16-24(29-23-4-2-1-3-21(22)23)18-5-10-25-26(15-18)34-17-33-25/h1-10,15-16H,11-14,17H2. The Hall–Kier alpha value is -3.77. The Bertz CT molecular complexity index is 1380. The Morgan fingerprint density at radius 3 is 2.44 bits per heavy atom. The highest BCUT2D eigenvalue weighted by Crippen LogP contribution is 2.36. The Balaban J connectivity index is 1.30. The fourth-order valence-electron chi connectivity index (χ4n) is 4.55. The predicted molar refractivity (Wildman–Crippen MR) is 133 cm³/mol. The maximum atomic E-state index is 13.7. The predicted octanol–water partition coefficient (Wildman–Crippen LogP) is 5.25. The third-order valence-corrected chi connectivity index (χ3v) is 6.63. The summed E-state index contributed by atoms with van der Waals surface area (Å²) in [5, 5.41) is 1.58. The second kappa shape index (κ2) is 8.54. The second-order valence-electron chi connectivity index (χ2n) is 8.40. The number of benzene rings is 3. The largest absolute Gasteiger partial charge is 0.454 e. The first-order chi connectivity index (χ1) is 16.7. The van der Waals surface area contributed by atoms with E-state index < -0.39 is 0 Å². The van der Waals surface area contributed by atoms with Gasteiger partial charge in [-0.25, -0.2) is 4.98 Å². The average Bonchev–Trinajstić information content (AvgIpc) is 3.36. The average molecular weight is 472 g/mol. The highest BCUT2D eigenvalue weighted by atomic mass is 35.5. The molecule has 6 rings (SSSR count). The van der Waals surface area contributed by atoms with Gasteiger partial charge >= 0.3 is 0 Å². The summed E-state index contributed by atoms with van der Waals surface area (Å²) in [6, 6.07) is 23.3. The van der Waals surface area contributed by atoms with Crippen molar-refractivity contribution in [1.29, 1.82) is 0 Å². The first-order valence-corrected chi connectivity index (χ1v) is 11.6. The van der Waals surface area contributed by atoms with E-state index in [-0.39, 0.29) is 12.7 Å². The molecule has 1 fully saturated rings. The van der Waals surface area contributed by atoms with E-state index in [0.29, 0.717) is 24.4 Å². The molecule has 0 radical (unpaired) electrons. The maximum Gasteiger partial charge on any atom is 0.254 e. The van der Waals surface area contributed by atoms with Crippen molar-refractivity contribution in [3.8, 4) is 22.8 Å². The molecular formula is C27H22ClN3O3. The van der Waals surface area contributed by atoms with Gasteiger partial charge in [-0.3, -0.25) is 4.79 Å². The lowest BCUT2D eigenvalue weighted by molar-refractivity contribution is 0.0748. The van der Waals surface area contributed by atoms with Gasteiger partial charge in [-0.05, 0) is 54.6 Å². The topological polar surface area (TPSA) is 54.9 Å². The van der Waals surface area contributed by atoms with Crippen LogP contribution in [0, 0.1) is 0 Å². The summed E-state index contributed by atoms with van der Waals surface area (Å²) in [7, 11) is 0. The molecule has 3 aromatic carbocycles. The minimum Gasteiger partial charge on any atom is -0.454 e. The molecule has 3 heterocycles. The molecule has 1 amide bonds. The number of ether oxygens (including phenoxy) is 2. The third kappa shape index (κ3) is 3.80. The fraction of sp³-hybridized carbons (Fsp3) is 0.185. The van der Waals surface area contributed by atoms with Gasteiger partial charge in [0, 0.05) is 47.8 Å². The molecule has 7 heteroatoms. The molecule has 34 heavy (non-hydrogen) atoms. The second-order valence-corrected chi connectivity index (χ2v) is 8.83. The third-order valence-electron chi connectivity index (χ3n) is 6.37. The van der Waals surface area contributed by atoms with Gasteiger partial charge in [0.05, 0.1) is 16.8 Å². The molecule has 1 saturated heterocycles. The van der Waals surface area contributed by atoms with Crippen molar-refractivity contribution >= 4 is 34.1 Å². The number of hydrogen-bond acceptors (Lipinski definition) is 5. The summed E-state index contributed by atoms with van der Waals surface area (Å²) >= 11 is 6.03. The Kier molecular flexibility index (Phi) is 5.23. The maximum absolute atomic E-state index is 13.7. The summed E-state index contributed by atoms with van der Waals surface area (Å²) < 4.78 is 11.0. The van der Waals surface area contributed by atoms with Crippen LogP contribution in [0.25, 0.3) is 22.2 Å². The van der Waals surface area contributed by atoms with Gasteiger partial charge in [0.25, 0.3) is 5.91 Å². The Labute approximate surface area is 202 Å². The van der Waals surface area contributed by atoms with E-state index in [4.69, 9.17) is 26.1 Å². The fourth-order valence-corrected chi connectivity index (χ4v) is 4.67. The van der Waals surface area contributed by atoms with Gasteiger partial charge in [-0.15, -0.1) is 0 Å². The van der Waals surface area contributed by atoms with E-state index in [2.05, 4.69) is 4.90 Å². The number of carbonyl (C=O) groups excluding carboxylic acids is 1. The number of aromatic nitrogens is 1. The lowest BCUT2D eigenvalue weighted by atomic mass is 10.0. The number of carbonyl (C=O) groups is 1. The normalized spacial score (nSPS) is 15.1. The molecule has 0 spiro atoms. The van der Waals surface area contributed by atoms with E-state index in [1.165, 1.54) is 0 Å². The number of anilines is 1. The zero-order valence-corrected chi connectivity index (χ0v) is 19.2. The molecule has 0 saturated carbocycles. The van der Waals surface area contributed by atoms with Gasteiger partial charge in [0.15, 0.2) is 11.5 Å². The smallest absolute Gasteiger partial charge is 0.254 e. The zero-order chi connectivity index (χ0) is 23.1. The minimum absolute atomic E-state index is 0.0244. The molecule has 0 bridgehead atoms. The van der Waals surface area contributed by atoms with Crippen LogP contribution < -0.4 is 14.4 Å². The van der Waals surface area contributed by atoms with Gasteiger partial charge in [0.1, 0.15) is 0 Å². The number of nitrogens with zero attached hydrogens (tertiary/aromatic N) is 3. The van der Waals surface area contributed by atoms with Crippen LogP contribution in [0.1, 0.15) is 10.4 Å². The minimum atomic E-state index is 0.0244. The summed E-state index contributed by atoms with van der Waals surface area (Å²) in [4.78, 5) is 22.7. The van der Waals surface area contributed by atoms with Crippen LogP contribution in [-0.4, -0.2) is 48.8 Å². The summed E-state index contributed by atoms with van der Waals surface area (Å²) in [5.74, 6) is 1.44. The van der Waals surface area contributed by atoms with Crippen molar-refractivity contribution in [3.05, 3.63) is 83.4 Å². The van der Waals surface area contributed by atoms with Crippen molar-refractivity contribution in [2.45, 2.75) is 0 Å². The molecule has 2 aliphatic rings. The summed E-state index contributed by atoms with van der Waals surface area (Å²) in [6.45, 7) is 3.06. The number of piperazine rings is 1. The summed E-state index contributed by atoms with van der Waals surface area (Å²) in [5.41, 5.74) is 4.20. The van der Waals surface area contributed by atoms with Crippen LogP contribution in [-0.2, 0) is 0 Å². The number of amides is 1. The lowest BCUT2D eigenvalue weighted by Crippen LogP contribution is -2.48.